The number of carbonyl (C=O) groups excluding carboxylic acids is 2. The number of nitrogens with one attached hydrogen (secondary N) is 2. The van der Waals surface area contributed by atoms with E-state index in [2.05, 4.69) is 33.8 Å². The molecule has 2 aromatic rings. The summed E-state index contributed by atoms with van der Waals surface area (Å²) in [5, 5.41) is 13.6. The Morgan fingerprint density at radius 3 is 3.00 bits per heavy atom. The lowest BCUT2D eigenvalue weighted by Gasteiger charge is -2.16. The summed E-state index contributed by atoms with van der Waals surface area (Å²) in [6.07, 6.45) is 3.44. The fourth-order valence-corrected chi connectivity index (χ4v) is 4.52. The van der Waals surface area contributed by atoms with E-state index in [1.165, 1.54) is 16.9 Å². The summed E-state index contributed by atoms with van der Waals surface area (Å²) in [6, 6.07) is 2.15. The molecule has 1 aliphatic rings. The smallest absolute Gasteiger partial charge is 0.277 e. The van der Waals surface area contributed by atoms with Crippen molar-refractivity contribution < 1.29 is 14.0 Å². The van der Waals surface area contributed by atoms with Gasteiger partial charge in [0, 0.05) is 11.4 Å². The van der Waals surface area contributed by atoms with E-state index in [0.717, 1.165) is 35.4 Å². The lowest BCUT2D eigenvalue weighted by atomic mass is 9.90. The molecule has 2 amide bonds. The first-order chi connectivity index (χ1) is 12.5. The summed E-state index contributed by atoms with van der Waals surface area (Å²) < 4.78 is 5.68. The number of thioether (sulfide) groups is 1. The van der Waals surface area contributed by atoms with E-state index in [-0.39, 0.29) is 24.1 Å². The molecule has 2 N–H and O–H groups in total. The van der Waals surface area contributed by atoms with E-state index in [4.69, 9.17) is 4.42 Å². The Balaban J connectivity index is 1.52. The maximum atomic E-state index is 11.8. The van der Waals surface area contributed by atoms with Crippen molar-refractivity contribution in [1.29, 1.82) is 0 Å². The molecule has 0 aromatic carbocycles. The van der Waals surface area contributed by atoms with E-state index >= 15 is 0 Å². The Bertz CT molecular complexity index is 787. The van der Waals surface area contributed by atoms with Gasteiger partial charge in [-0.1, -0.05) is 18.7 Å². The SMILES string of the molecule is CCNC(=O)CNC(=O)CSc1nnc(-c2cc3c(s2)CC[C@@H](C)C3)o1. The molecule has 0 radical (unpaired) electrons. The van der Waals surface area contributed by atoms with Crippen molar-refractivity contribution in [2.24, 2.45) is 5.92 Å². The predicted molar refractivity (Wildman–Crippen MR) is 101 cm³/mol. The van der Waals surface area contributed by atoms with Crippen LogP contribution in [0.25, 0.3) is 10.8 Å². The van der Waals surface area contributed by atoms with E-state index in [0.29, 0.717) is 17.7 Å². The molecule has 9 heteroatoms. The van der Waals surface area contributed by atoms with Crippen LogP contribution in [0, 0.1) is 5.92 Å². The number of hydrogen-bond acceptors (Lipinski definition) is 7. The lowest BCUT2D eigenvalue weighted by Crippen LogP contribution is -2.37. The first-order valence-electron chi connectivity index (χ1n) is 8.66. The first kappa shape index (κ1) is 18.9. The summed E-state index contributed by atoms with van der Waals surface area (Å²) in [5.41, 5.74) is 1.39. The van der Waals surface area contributed by atoms with Gasteiger partial charge in [-0.25, -0.2) is 0 Å². The monoisotopic (exact) mass is 394 g/mol. The Hall–Kier alpha value is -1.87. The fourth-order valence-electron chi connectivity index (χ4n) is 2.80. The molecule has 0 aliphatic heterocycles. The van der Waals surface area contributed by atoms with Gasteiger partial charge in [0.25, 0.3) is 11.1 Å². The van der Waals surface area contributed by atoms with Gasteiger partial charge in [0.05, 0.1) is 17.2 Å². The van der Waals surface area contributed by atoms with Gasteiger partial charge >= 0.3 is 0 Å². The van der Waals surface area contributed by atoms with Crippen molar-refractivity contribution >= 4 is 34.9 Å². The number of thiophene rings is 1. The number of rotatable bonds is 7. The largest absolute Gasteiger partial charge is 0.410 e. The molecule has 2 aromatic heterocycles. The van der Waals surface area contributed by atoms with Crippen molar-refractivity contribution in [2.45, 2.75) is 38.3 Å². The average molecular weight is 395 g/mol. The summed E-state index contributed by atoms with van der Waals surface area (Å²) in [5.74, 6) is 0.891. The third-order valence-corrected chi connectivity index (χ3v) is 6.14. The predicted octanol–water partition coefficient (Wildman–Crippen LogP) is 2.27. The molecule has 0 saturated carbocycles. The molecule has 0 spiro atoms. The number of aryl methyl sites for hydroxylation is 1. The molecule has 1 atom stereocenters. The molecule has 26 heavy (non-hydrogen) atoms. The highest BCUT2D eigenvalue weighted by Gasteiger charge is 2.21. The number of hydrogen-bond donors (Lipinski definition) is 2. The Morgan fingerprint density at radius 1 is 1.35 bits per heavy atom. The van der Waals surface area contributed by atoms with Gasteiger partial charge < -0.3 is 15.1 Å². The van der Waals surface area contributed by atoms with Crippen LogP contribution < -0.4 is 10.6 Å². The molecule has 0 saturated heterocycles. The van der Waals surface area contributed by atoms with E-state index in [1.54, 1.807) is 11.3 Å². The number of aromatic nitrogens is 2. The fraction of sp³-hybridized carbons (Fsp3) is 0.529. The number of likely N-dealkylation sites (N-methyl/N-ethyl adjacent to an activating group) is 1. The third-order valence-electron chi connectivity index (χ3n) is 4.09. The van der Waals surface area contributed by atoms with Gasteiger partial charge in [-0.05, 0) is 43.7 Å². The molecule has 140 valence electrons. The number of carbonyl (C=O) groups is 2. The minimum Gasteiger partial charge on any atom is -0.410 e. The van der Waals surface area contributed by atoms with Crippen LogP contribution in [-0.4, -0.2) is 40.9 Å². The van der Waals surface area contributed by atoms with Gasteiger partial charge in [0.2, 0.25) is 11.8 Å². The molecule has 3 rings (SSSR count). The maximum Gasteiger partial charge on any atom is 0.277 e. The number of amides is 2. The van der Waals surface area contributed by atoms with E-state index in [9.17, 15) is 9.59 Å². The molecule has 0 bridgehead atoms. The van der Waals surface area contributed by atoms with Crippen molar-refractivity contribution in [3.63, 3.8) is 0 Å². The quantitative estimate of drug-likeness (QED) is 0.699. The zero-order valence-electron chi connectivity index (χ0n) is 14.8. The van der Waals surface area contributed by atoms with E-state index < -0.39 is 0 Å². The highest BCUT2D eigenvalue weighted by atomic mass is 32.2. The number of fused-ring (bicyclic) bond motifs is 1. The summed E-state index contributed by atoms with van der Waals surface area (Å²) in [7, 11) is 0. The molecule has 0 fully saturated rings. The first-order valence-corrected chi connectivity index (χ1v) is 10.5. The van der Waals surface area contributed by atoms with Gasteiger partial charge in [-0.3, -0.25) is 9.59 Å². The van der Waals surface area contributed by atoms with Crippen molar-refractivity contribution in [2.75, 3.05) is 18.8 Å². The highest BCUT2D eigenvalue weighted by Crippen LogP contribution is 2.37. The zero-order valence-corrected chi connectivity index (χ0v) is 16.5. The van der Waals surface area contributed by atoms with Gasteiger partial charge in [0.1, 0.15) is 0 Å². The Labute approximate surface area is 160 Å². The highest BCUT2D eigenvalue weighted by molar-refractivity contribution is 7.99. The van der Waals surface area contributed by atoms with Crippen molar-refractivity contribution in [3.05, 3.63) is 16.5 Å². The lowest BCUT2D eigenvalue weighted by molar-refractivity contribution is -0.124. The average Bonchev–Trinajstić information content (AvgIpc) is 3.24. The van der Waals surface area contributed by atoms with Crippen LogP contribution in [0.1, 0.15) is 30.7 Å². The maximum absolute atomic E-state index is 11.8. The van der Waals surface area contributed by atoms with Crippen LogP contribution in [0.15, 0.2) is 15.7 Å². The molecule has 2 heterocycles. The van der Waals surface area contributed by atoms with Crippen LogP contribution in [-0.2, 0) is 22.4 Å². The second-order valence-corrected chi connectivity index (χ2v) is 8.36. The summed E-state index contributed by atoms with van der Waals surface area (Å²) in [6.45, 7) is 4.62. The molecular formula is C17H22N4O3S2. The zero-order chi connectivity index (χ0) is 18.5. The van der Waals surface area contributed by atoms with Crippen LogP contribution in [0.2, 0.25) is 0 Å². The molecule has 1 aliphatic carbocycles. The standard InChI is InChI=1S/C17H22N4O3S2/c1-3-18-14(22)8-19-15(23)9-25-17-21-20-16(24-17)13-7-11-6-10(2)4-5-12(11)26-13/h7,10H,3-6,8-9H2,1-2H3,(H,18,22)(H,19,23)/t10-/m1/s1. The van der Waals surface area contributed by atoms with Crippen LogP contribution in [0.5, 0.6) is 0 Å². The molecular weight excluding hydrogens is 372 g/mol. The van der Waals surface area contributed by atoms with Gasteiger partial charge in [0.15, 0.2) is 0 Å². The third kappa shape index (κ3) is 4.85. The van der Waals surface area contributed by atoms with Gasteiger partial charge in [-0.15, -0.1) is 21.5 Å². The summed E-state index contributed by atoms with van der Waals surface area (Å²) >= 11 is 2.88. The summed E-state index contributed by atoms with van der Waals surface area (Å²) in [4.78, 5) is 25.5. The number of nitrogens with zero attached hydrogens (tertiary/aromatic N) is 2. The topological polar surface area (TPSA) is 97.1 Å². The van der Waals surface area contributed by atoms with Crippen molar-refractivity contribution in [3.8, 4) is 10.8 Å². The Kier molecular flexibility index (Phi) is 6.31. The second kappa shape index (κ2) is 8.68. The van der Waals surface area contributed by atoms with Crippen molar-refractivity contribution in [1.82, 2.24) is 20.8 Å². The van der Waals surface area contributed by atoms with Gasteiger partial charge in [-0.2, -0.15) is 0 Å². The second-order valence-electron chi connectivity index (χ2n) is 6.30. The minimum atomic E-state index is -0.249. The normalized spacial score (nSPS) is 16.2. The Morgan fingerprint density at radius 2 is 2.19 bits per heavy atom. The minimum absolute atomic E-state index is 0.0263. The molecule has 0 unspecified atom stereocenters. The van der Waals surface area contributed by atoms with Crippen LogP contribution >= 0.6 is 23.1 Å². The van der Waals surface area contributed by atoms with E-state index in [1.807, 2.05) is 6.92 Å². The van der Waals surface area contributed by atoms with Crippen LogP contribution in [0.4, 0.5) is 0 Å². The van der Waals surface area contributed by atoms with Crippen LogP contribution in [0.3, 0.4) is 0 Å². The molecule has 7 nitrogen and oxygen atoms in total.